The fourth-order valence-electron chi connectivity index (χ4n) is 8.40. The van der Waals surface area contributed by atoms with Crippen molar-refractivity contribution in [2.75, 3.05) is 0 Å². The minimum absolute atomic E-state index is 0.560. The molecule has 0 unspecified atom stereocenters. The molecule has 0 radical (unpaired) electrons. The number of furan rings is 2. The lowest BCUT2D eigenvalue weighted by Crippen LogP contribution is -2.00. The van der Waals surface area contributed by atoms with Gasteiger partial charge in [0.1, 0.15) is 16.7 Å². The molecule has 0 aliphatic rings. The van der Waals surface area contributed by atoms with E-state index in [0.717, 1.165) is 88.4 Å². The molecule has 4 aromatic heterocycles. The number of para-hydroxylation sites is 4. The number of hydrogen-bond donors (Lipinski definition) is 0. The van der Waals surface area contributed by atoms with E-state index in [1.54, 1.807) is 0 Å². The van der Waals surface area contributed by atoms with Gasteiger partial charge >= 0.3 is 0 Å². The van der Waals surface area contributed by atoms with E-state index in [1.807, 2.05) is 72.8 Å². The molecule has 0 bridgehead atoms. The maximum atomic E-state index is 6.69. The Morgan fingerprint density at radius 2 is 0.807 bits per heavy atom. The normalized spacial score (nSPS) is 11.9. The lowest BCUT2D eigenvalue weighted by Gasteiger charge is -2.08. The summed E-state index contributed by atoms with van der Waals surface area (Å²) in [6.45, 7) is 0. The second-order valence-electron chi connectivity index (χ2n) is 14.4. The van der Waals surface area contributed by atoms with Crippen molar-refractivity contribution in [1.82, 2.24) is 19.5 Å². The zero-order valence-electron chi connectivity index (χ0n) is 30.4. The van der Waals surface area contributed by atoms with Crippen LogP contribution in [0.4, 0.5) is 0 Å². The molecule has 12 aromatic rings. The summed E-state index contributed by atoms with van der Waals surface area (Å²) in [5.41, 5.74) is 11.4. The van der Waals surface area contributed by atoms with Crippen LogP contribution in [-0.4, -0.2) is 19.5 Å². The van der Waals surface area contributed by atoms with E-state index in [0.29, 0.717) is 17.5 Å². The van der Waals surface area contributed by atoms with Crippen molar-refractivity contribution in [1.29, 1.82) is 0 Å². The maximum Gasteiger partial charge on any atom is 0.167 e. The summed E-state index contributed by atoms with van der Waals surface area (Å²) in [6.07, 6.45) is 0. The zero-order chi connectivity index (χ0) is 37.5. The molecule has 0 amide bonds. The molecule has 6 nitrogen and oxygen atoms in total. The van der Waals surface area contributed by atoms with Crippen LogP contribution in [0.1, 0.15) is 0 Å². The van der Waals surface area contributed by atoms with Crippen LogP contribution in [0, 0.1) is 0 Å². The van der Waals surface area contributed by atoms with Gasteiger partial charge in [0.2, 0.25) is 0 Å². The summed E-state index contributed by atoms with van der Waals surface area (Å²) in [4.78, 5) is 14.9. The number of benzene rings is 8. The van der Waals surface area contributed by atoms with Crippen molar-refractivity contribution in [3.8, 4) is 51.0 Å². The quantitative estimate of drug-likeness (QED) is 0.176. The summed E-state index contributed by atoms with van der Waals surface area (Å²) in [7, 11) is 0. The fourth-order valence-corrected chi connectivity index (χ4v) is 8.40. The Balaban J connectivity index is 0.987. The molecule has 0 spiro atoms. The van der Waals surface area contributed by atoms with Crippen molar-refractivity contribution in [3.63, 3.8) is 0 Å². The molecular weight excluding hydrogens is 701 g/mol. The number of hydrogen-bond acceptors (Lipinski definition) is 5. The van der Waals surface area contributed by atoms with Gasteiger partial charge in [0, 0.05) is 43.4 Å². The first-order valence-electron chi connectivity index (χ1n) is 19.0. The predicted molar refractivity (Wildman–Crippen MR) is 230 cm³/mol. The van der Waals surface area contributed by atoms with Gasteiger partial charge < -0.3 is 13.4 Å². The molecule has 6 heteroatoms. The Labute approximate surface area is 325 Å². The maximum absolute atomic E-state index is 6.69. The van der Waals surface area contributed by atoms with E-state index in [4.69, 9.17) is 23.8 Å². The molecule has 57 heavy (non-hydrogen) atoms. The highest BCUT2D eigenvalue weighted by molar-refractivity contribution is 6.14. The summed E-state index contributed by atoms with van der Waals surface area (Å²) in [5.74, 6) is 1.78. The summed E-state index contributed by atoms with van der Waals surface area (Å²) in [5, 5.41) is 6.62. The van der Waals surface area contributed by atoms with Crippen LogP contribution in [0.5, 0.6) is 0 Å². The van der Waals surface area contributed by atoms with E-state index < -0.39 is 0 Å². The molecule has 0 fully saturated rings. The lowest BCUT2D eigenvalue weighted by atomic mass is 10.00. The molecule has 0 aliphatic heterocycles. The van der Waals surface area contributed by atoms with Gasteiger partial charge in [-0.25, -0.2) is 15.0 Å². The molecule has 0 aliphatic carbocycles. The van der Waals surface area contributed by atoms with Crippen molar-refractivity contribution < 1.29 is 8.83 Å². The minimum atomic E-state index is 0.560. The van der Waals surface area contributed by atoms with E-state index in [-0.39, 0.29) is 0 Å². The molecule has 8 aromatic carbocycles. The van der Waals surface area contributed by atoms with Gasteiger partial charge in [-0.3, -0.25) is 0 Å². The summed E-state index contributed by atoms with van der Waals surface area (Å²) < 4.78 is 15.6. The Hall–Kier alpha value is -7.83. The number of fused-ring (bicyclic) bond motifs is 9. The summed E-state index contributed by atoms with van der Waals surface area (Å²) in [6, 6.07) is 62.7. The van der Waals surface area contributed by atoms with Crippen LogP contribution < -0.4 is 0 Å². The van der Waals surface area contributed by atoms with Gasteiger partial charge in [0.15, 0.2) is 23.1 Å². The molecule has 12 rings (SSSR count). The molecule has 4 heterocycles. The Morgan fingerprint density at radius 1 is 0.333 bits per heavy atom. The second-order valence-corrected chi connectivity index (χ2v) is 14.4. The zero-order valence-corrected chi connectivity index (χ0v) is 30.4. The largest absolute Gasteiger partial charge is 0.455 e. The standard InChI is InChI=1S/C51H30N4O2/c1-3-13-31(14-4-1)49-52-50(32-15-5-2-6-16-32)54-51(53-49)39-21-11-19-37-40-29-33(25-27-45(40)56-47(37)39)34-26-28-46-41(30-34)38-20-12-24-44(48(38)57-46)55-42-22-9-7-17-35(42)36-18-8-10-23-43(36)55/h1-30H. The van der Waals surface area contributed by atoms with Gasteiger partial charge in [0.05, 0.1) is 22.3 Å². The lowest BCUT2D eigenvalue weighted by molar-refractivity contribution is 0.666. The van der Waals surface area contributed by atoms with Crippen LogP contribution in [-0.2, 0) is 0 Å². The SMILES string of the molecule is c1ccc(-c2nc(-c3ccccc3)nc(-c3cccc4c3oc3ccc(-c5ccc6oc7c(-n8c9ccccc9c9ccccc98)cccc7c6c5)cc34)n2)cc1. The van der Waals surface area contributed by atoms with Crippen LogP contribution in [0.3, 0.4) is 0 Å². The van der Waals surface area contributed by atoms with Gasteiger partial charge in [-0.2, -0.15) is 0 Å². The van der Waals surface area contributed by atoms with Crippen molar-refractivity contribution in [2.24, 2.45) is 0 Å². The minimum Gasteiger partial charge on any atom is -0.455 e. The van der Waals surface area contributed by atoms with Crippen LogP contribution in [0.15, 0.2) is 191 Å². The third-order valence-electron chi connectivity index (χ3n) is 11.1. The molecule has 0 atom stereocenters. The first-order chi connectivity index (χ1) is 28.2. The topological polar surface area (TPSA) is 69.9 Å². The van der Waals surface area contributed by atoms with Crippen molar-refractivity contribution >= 4 is 65.7 Å². The first kappa shape index (κ1) is 31.5. The third-order valence-corrected chi connectivity index (χ3v) is 11.1. The molecular formula is C51H30N4O2. The highest BCUT2D eigenvalue weighted by Crippen LogP contribution is 2.41. The molecule has 0 N–H and O–H groups in total. The Morgan fingerprint density at radius 3 is 1.40 bits per heavy atom. The van der Waals surface area contributed by atoms with Crippen LogP contribution in [0.2, 0.25) is 0 Å². The van der Waals surface area contributed by atoms with E-state index >= 15 is 0 Å². The van der Waals surface area contributed by atoms with E-state index in [2.05, 4.69) is 114 Å². The van der Waals surface area contributed by atoms with Crippen LogP contribution >= 0.6 is 0 Å². The third kappa shape index (κ3) is 4.94. The number of rotatable bonds is 5. The van der Waals surface area contributed by atoms with Crippen molar-refractivity contribution in [2.45, 2.75) is 0 Å². The highest BCUT2D eigenvalue weighted by Gasteiger charge is 2.20. The van der Waals surface area contributed by atoms with Gasteiger partial charge in [-0.1, -0.05) is 133 Å². The Kier molecular flexibility index (Phi) is 6.83. The highest BCUT2D eigenvalue weighted by atomic mass is 16.3. The number of nitrogens with zero attached hydrogens (tertiary/aromatic N) is 4. The second kappa shape index (κ2) is 12.3. The van der Waals surface area contributed by atoms with Crippen molar-refractivity contribution in [3.05, 3.63) is 182 Å². The van der Waals surface area contributed by atoms with E-state index in [1.165, 1.54) is 10.8 Å². The molecule has 0 saturated heterocycles. The number of aromatic nitrogens is 4. The van der Waals surface area contributed by atoms with Crippen LogP contribution in [0.25, 0.3) is 117 Å². The molecule has 0 saturated carbocycles. The van der Waals surface area contributed by atoms with Gasteiger partial charge in [-0.15, -0.1) is 0 Å². The first-order valence-corrected chi connectivity index (χ1v) is 19.0. The predicted octanol–water partition coefficient (Wildman–Crippen LogP) is 13.4. The summed E-state index contributed by atoms with van der Waals surface area (Å²) >= 11 is 0. The average molecular weight is 731 g/mol. The van der Waals surface area contributed by atoms with Gasteiger partial charge in [-0.05, 0) is 59.7 Å². The van der Waals surface area contributed by atoms with E-state index in [9.17, 15) is 0 Å². The fraction of sp³-hybridized carbons (Fsp3) is 0. The average Bonchev–Trinajstić information content (AvgIpc) is 3.96. The monoisotopic (exact) mass is 730 g/mol. The van der Waals surface area contributed by atoms with Gasteiger partial charge in [0.25, 0.3) is 0 Å². The smallest absolute Gasteiger partial charge is 0.167 e. The Bertz CT molecular complexity index is 3410. The molecule has 266 valence electrons.